The molecule has 2 aromatic rings. The van der Waals surface area contributed by atoms with E-state index >= 15 is 0 Å². The molecule has 2 unspecified atom stereocenters. The number of hydrogen-bond donors (Lipinski definition) is 1. The number of anilines is 2. The smallest absolute Gasteiger partial charge is 0.261 e. The van der Waals surface area contributed by atoms with Gasteiger partial charge in [-0.2, -0.15) is 0 Å². The number of benzene rings is 2. The first-order chi connectivity index (χ1) is 12.4. The number of rotatable bonds is 5. The molecule has 5 nitrogen and oxygen atoms in total. The quantitative estimate of drug-likeness (QED) is 0.868. The minimum Gasteiger partial charge on any atom is -0.375 e. The van der Waals surface area contributed by atoms with Crippen LogP contribution in [0.1, 0.15) is 26.3 Å². The molecule has 1 N–H and O–H groups in total. The molecule has 0 saturated carbocycles. The van der Waals surface area contributed by atoms with E-state index in [9.17, 15) is 8.42 Å². The van der Waals surface area contributed by atoms with Crippen LogP contribution >= 0.6 is 0 Å². The molecule has 2 atom stereocenters. The van der Waals surface area contributed by atoms with Crippen LogP contribution in [0, 0.1) is 0 Å². The number of ether oxygens (including phenoxy) is 1. The highest BCUT2D eigenvalue weighted by Gasteiger charge is 2.23. The molecule has 2 aromatic carbocycles. The van der Waals surface area contributed by atoms with Crippen LogP contribution in [0.5, 0.6) is 0 Å². The average molecular weight is 375 g/mol. The number of morpholine rings is 1. The maximum Gasteiger partial charge on any atom is 0.261 e. The minimum absolute atomic E-state index is 0.190. The fraction of sp³-hybridized carbons (Fsp3) is 0.400. The van der Waals surface area contributed by atoms with Gasteiger partial charge in [0.2, 0.25) is 0 Å². The lowest BCUT2D eigenvalue weighted by molar-refractivity contribution is 0.0344. The molecule has 6 heteroatoms. The second kappa shape index (κ2) is 7.68. The summed E-state index contributed by atoms with van der Waals surface area (Å²) in [5.41, 5.74) is 2.74. The number of sulfonamides is 1. The zero-order valence-corrected chi connectivity index (χ0v) is 16.3. The van der Waals surface area contributed by atoms with Crippen molar-refractivity contribution in [2.24, 2.45) is 0 Å². The van der Waals surface area contributed by atoms with E-state index in [1.165, 1.54) is 0 Å². The Morgan fingerprint density at radius 2 is 1.73 bits per heavy atom. The third kappa shape index (κ3) is 4.19. The molecule has 0 aromatic heterocycles. The lowest BCUT2D eigenvalue weighted by Crippen LogP contribution is -2.47. The van der Waals surface area contributed by atoms with Crippen molar-refractivity contribution in [2.45, 2.75) is 44.2 Å². The van der Waals surface area contributed by atoms with Crippen molar-refractivity contribution >= 4 is 21.4 Å². The number of aryl methyl sites for hydroxylation is 1. The van der Waals surface area contributed by atoms with Crippen molar-refractivity contribution in [2.75, 3.05) is 22.8 Å². The Kier molecular flexibility index (Phi) is 5.53. The van der Waals surface area contributed by atoms with Crippen LogP contribution in [-0.2, 0) is 21.2 Å². The third-order valence-corrected chi connectivity index (χ3v) is 6.10. The third-order valence-electron chi connectivity index (χ3n) is 4.70. The second-order valence-electron chi connectivity index (χ2n) is 6.80. The first kappa shape index (κ1) is 18.7. The van der Waals surface area contributed by atoms with E-state index in [1.54, 1.807) is 24.3 Å². The minimum atomic E-state index is -3.58. The van der Waals surface area contributed by atoms with Gasteiger partial charge in [0.25, 0.3) is 10.0 Å². The van der Waals surface area contributed by atoms with Gasteiger partial charge >= 0.3 is 0 Å². The standard InChI is InChI=1S/C20H26N2O3S/c1-4-17-5-11-20(12-6-17)26(23,24)21-18-7-9-19(10-8-18)22-13-16(3)25-14-15(22)2/h5-12,15-16,21H,4,13-14H2,1-3H3. The zero-order chi connectivity index (χ0) is 18.7. The van der Waals surface area contributed by atoms with Gasteiger partial charge in [-0.3, -0.25) is 4.72 Å². The topological polar surface area (TPSA) is 58.6 Å². The van der Waals surface area contributed by atoms with Crippen LogP contribution in [0.2, 0.25) is 0 Å². The van der Waals surface area contributed by atoms with Gasteiger partial charge in [-0.1, -0.05) is 19.1 Å². The number of nitrogens with one attached hydrogen (secondary N) is 1. The normalized spacial score (nSPS) is 20.8. The highest BCUT2D eigenvalue weighted by Crippen LogP contribution is 2.25. The average Bonchev–Trinajstić information content (AvgIpc) is 2.64. The molecule has 0 spiro atoms. The molecular formula is C20H26N2O3S. The first-order valence-corrected chi connectivity index (χ1v) is 10.5. The second-order valence-corrected chi connectivity index (χ2v) is 8.48. The highest BCUT2D eigenvalue weighted by molar-refractivity contribution is 7.92. The van der Waals surface area contributed by atoms with Gasteiger partial charge in [0, 0.05) is 24.0 Å². The van der Waals surface area contributed by atoms with E-state index < -0.39 is 10.0 Å². The Morgan fingerprint density at radius 3 is 2.35 bits per heavy atom. The summed E-state index contributed by atoms with van der Waals surface area (Å²) in [5, 5.41) is 0. The number of hydrogen-bond acceptors (Lipinski definition) is 4. The summed E-state index contributed by atoms with van der Waals surface area (Å²) >= 11 is 0. The molecule has 0 aliphatic carbocycles. The molecule has 3 rings (SSSR count). The molecule has 1 aliphatic rings. The molecular weight excluding hydrogens is 348 g/mol. The zero-order valence-electron chi connectivity index (χ0n) is 15.5. The molecule has 1 aliphatic heterocycles. The predicted octanol–water partition coefficient (Wildman–Crippen LogP) is 3.66. The summed E-state index contributed by atoms with van der Waals surface area (Å²) in [4.78, 5) is 2.56. The highest BCUT2D eigenvalue weighted by atomic mass is 32.2. The summed E-state index contributed by atoms with van der Waals surface area (Å²) in [7, 11) is -3.58. The Hall–Kier alpha value is -2.05. The fourth-order valence-electron chi connectivity index (χ4n) is 3.10. The number of nitrogens with zero attached hydrogens (tertiary/aromatic N) is 1. The van der Waals surface area contributed by atoms with Gasteiger partial charge in [0.05, 0.1) is 17.6 Å². The summed E-state index contributed by atoms with van der Waals surface area (Å²) in [6, 6.07) is 14.8. The summed E-state index contributed by atoms with van der Waals surface area (Å²) in [5.74, 6) is 0. The van der Waals surface area contributed by atoms with Crippen molar-refractivity contribution in [3.8, 4) is 0 Å². The van der Waals surface area contributed by atoms with Crippen molar-refractivity contribution in [1.29, 1.82) is 0 Å². The van der Waals surface area contributed by atoms with Crippen LogP contribution in [0.4, 0.5) is 11.4 Å². The molecule has 0 bridgehead atoms. The summed E-state index contributed by atoms with van der Waals surface area (Å²) in [6.07, 6.45) is 1.07. The van der Waals surface area contributed by atoms with Crippen molar-refractivity contribution < 1.29 is 13.2 Å². The molecule has 26 heavy (non-hydrogen) atoms. The van der Waals surface area contributed by atoms with E-state index in [4.69, 9.17) is 4.74 Å². The monoisotopic (exact) mass is 374 g/mol. The van der Waals surface area contributed by atoms with Crippen LogP contribution < -0.4 is 9.62 Å². The van der Waals surface area contributed by atoms with Crippen LogP contribution in [-0.4, -0.2) is 33.7 Å². The van der Waals surface area contributed by atoms with Crippen LogP contribution in [0.15, 0.2) is 53.4 Å². The fourth-order valence-corrected chi connectivity index (χ4v) is 4.16. The van der Waals surface area contributed by atoms with Crippen molar-refractivity contribution in [1.82, 2.24) is 0 Å². The maximum atomic E-state index is 12.5. The Balaban J connectivity index is 1.73. The summed E-state index contributed by atoms with van der Waals surface area (Å²) in [6.45, 7) is 7.76. The van der Waals surface area contributed by atoms with E-state index in [1.807, 2.05) is 31.2 Å². The molecule has 0 radical (unpaired) electrons. The molecule has 1 saturated heterocycles. The summed E-state index contributed by atoms with van der Waals surface area (Å²) < 4.78 is 33.4. The van der Waals surface area contributed by atoms with Crippen molar-refractivity contribution in [3.05, 3.63) is 54.1 Å². The van der Waals surface area contributed by atoms with E-state index in [-0.39, 0.29) is 11.0 Å². The molecule has 140 valence electrons. The molecule has 1 heterocycles. The predicted molar refractivity (Wildman–Crippen MR) is 105 cm³/mol. The Morgan fingerprint density at radius 1 is 1.08 bits per heavy atom. The van der Waals surface area contributed by atoms with E-state index in [2.05, 4.69) is 23.5 Å². The van der Waals surface area contributed by atoms with Gasteiger partial charge in [-0.25, -0.2) is 8.42 Å². The van der Waals surface area contributed by atoms with E-state index in [0.717, 1.165) is 24.2 Å². The first-order valence-electron chi connectivity index (χ1n) is 8.99. The van der Waals surface area contributed by atoms with Gasteiger partial charge in [-0.15, -0.1) is 0 Å². The van der Waals surface area contributed by atoms with Crippen LogP contribution in [0.25, 0.3) is 0 Å². The van der Waals surface area contributed by atoms with Gasteiger partial charge in [0.1, 0.15) is 0 Å². The Labute approximate surface area is 156 Å². The lowest BCUT2D eigenvalue weighted by Gasteiger charge is -2.38. The van der Waals surface area contributed by atoms with Gasteiger partial charge in [-0.05, 0) is 62.2 Å². The van der Waals surface area contributed by atoms with Gasteiger partial charge in [0.15, 0.2) is 0 Å². The molecule has 0 amide bonds. The SMILES string of the molecule is CCc1ccc(S(=O)(=O)Nc2ccc(N3CC(C)OCC3C)cc2)cc1. The van der Waals surface area contributed by atoms with Crippen molar-refractivity contribution in [3.63, 3.8) is 0 Å². The lowest BCUT2D eigenvalue weighted by atomic mass is 10.1. The Bertz CT molecular complexity index is 832. The maximum absolute atomic E-state index is 12.5. The largest absolute Gasteiger partial charge is 0.375 e. The van der Waals surface area contributed by atoms with Gasteiger partial charge < -0.3 is 9.64 Å². The van der Waals surface area contributed by atoms with E-state index in [0.29, 0.717) is 18.3 Å². The molecule has 1 fully saturated rings. The van der Waals surface area contributed by atoms with Crippen LogP contribution in [0.3, 0.4) is 0 Å².